The van der Waals surface area contributed by atoms with E-state index in [0.717, 1.165) is 25.9 Å². The Morgan fingerprint density at radius 2 is 2.12 bits per heavy atom. The molecule has 0 saturated carbocycles. The van der Waals surface area contributed by atoms with Crippen molar-refractivity contribution in [3.8, 4) is 5.75 Å². The Labute approximate surface area is 153 Å². The number of hydrogen-bond donors (Lipinski definition) is 1. The summed E-state index contributed by atoms with van der Waals surface area (Å²) < 4.78 is 10.9. The third-order valence-corrected chi connectivity index (χ3v) is 4.99. The first-order valence-corrected chi connectivity index (χ1v) is 9.04. The second-order valence-electron chi connectivity index (χ2n) is 6.83. The molecule has 2 saturated heterocycles. The van der Waals surface area contributed by atoms with E-state index in [4.69, 9.17) is 21.1 Å². The second-order valence-corrected chi connectivity index (χ2v) is 7.27. The summed E-state index contributed by atoms with van der Waals surface area (Å²) in [5, 5.41) is 11.5. The van der Waals surface area contributed by atoms with Gasteiger partial charge in [-0.15, -0.1) is 0 Å². The highest BCUT2D eigenvalue weighted by Gasteiger charge is 2.37. The van der Waals surface area contributed by atoms with Crippen molar-refractivity contribution in [2.45, 2.75) is 18.4 Å². The average molecular weight is 369 g/mol. The predicted octanol–water partition coefficient (Wildman–Crippen LogP) is 1.65. The van der Waals surface area contributed by atoms with E-state index >= 15 is 0 Å². The molecule has 1 N–H and O–H groups in total. The summed E-state index contributed by atoms with van der Waals surface area (Å²) in [6, 6.07) is 4.97. The topological polar surface area (TPSA) is 62.2 Å². The van der Waals surface area contributed by atoms with Crippen LogP contribution >= 0.6 is 11.6 Å². The fourth-order valence-corrected chi connectivity index (χ4v) is 3.73. The van der Waals surface area contributed by atoms with Gasteiger partial charge < -0.3 is 24.4 Å². The number of β-amino-alcohol motifs (C(OH)–C–C–N with tert-alkyl or cyclic N) is 1. The van der Waals surface area contributed by atoms with Crippen LogP contribution in [0.4, 0.5) is 0 Å². The third kappa shape index (κ3) is 4.44. The highest BCUT2D eigenvalue weighted by atomic mass is 35.5. The standard InChI is InChI=1S/C18H25ClN2O4/c1-24-16-5-4-14(19)10-15(16)17(22)21-8-9-25-13-18(23,12-21)11-20-6-2-3-7-20/h4-5,10,23H,2-3,6-9,11-13H2,1H3. The molecule has 2 fully saturated rings. The van der Waals surface area contributed by atoms with E-state index in [1.54, 1.807) is 23.1 Å². The van der Waals surface area contributed by atoms with Gasteiger partial charge >= 0.3 is 0 Å². The van der Waals surface area contributed by atoms with Gasteiger partial charge in [-0.25, -0.2) is 0 Å². The SMILES string of the molecule is COc1ccc(Cl)cc1C(=O)N1CCOCC(O)(CN2CCCC2)C1. The van der Waals surface area contributed by atoms with Crippen LogP contribution in [0.25, 0.3) is 0 Å². The van der Waals surface area contributed by atoms with E-state index in [-0.39, 0.29) is 19.1 Å². The molecule has 6 nitrogen and oxygen atoms in total. The van der Waals surface area contributed by atoms with Gasteiger partial charge in [0, 0.05) is 18.1 Å². The van der Waals surface area contributed by atoms with Crippen molar-refractivity contribution < 1.29 is 19.4 Å². The highest BCUT2D eigenvalue weighted by Crippen LogP contribution is 2.26. The van der Waals surface area contributed by atoms with Gasteiger partial charge in [-0.2, -0.15) is 0 Å². The van der Waals surface area contributed by atoms with Crippen LogP contribution in [-0.4, -0.2) is 79.5 Å². The van der Waals surface area contributed by atoms with Crippen LogP contribution in [-0.2, 0) is 4.74 Å². The summed E-state index contributed by atoms with van der Waals surface area (Å²) in [4.78, 5) is 16.9. The van der Waals surface area contributed by atoms with Gasteiger partial charge in [-0.3, -0.25) is 4.79 Å². The first kappa shape index (κ1) is 18.5. The molecule has 2 aliphatic heterocycles. The van der Waals surface area contributed by atoms with Gasteiger partial charge in [0.25, 0.3) is 5.91 Å². The molecule has 0 aliphatic carbocycles. The Kier molecular flexibility index (Phi) is 5.84. The fraction of sp³-hybridized carbons (Fsp3) is 0.611. The number of nitrogens with zero attached hydrogens (tertiary/aromatic N) is 2. The van der Waals surface area contributed by atoms with Gasteiger partial charge in [0.15, 0.2) is 0 Å². The monoisotopic (exact) mass is 368 g/mol. The first-order chi connectivity index (χ1) is 12.0. The minimum Gasteiger partial charge on any atom is -0.496 e. The molecule has 0 radical (unpaired) electrons. The van der Waals surface area contributed by atoms with Gasteiger partial charge in [0.2, 0.25) is 0 Å². The fourth-order valence-electron chi connectivity index (χ4n) is 3.56. The summed E-state index contributed by atoms with van der Waals surface area (Å²) in [6.07, 6.45) is 2.30. The number of ether oxygens (including phenoxy) is 2. The van der Waals surface area contributed by atoms with Crippen LogP contribution in [0.5, 0.6) is 5.75 Å². The zero-order chi connectivity index (χ0) is 17.9. The number of hydrogen-bond acceptors (Lipinski definition) is 5. The molecule has 138 valence electrons. The van der Waals surface area contributed by atoms with E-state index in [9.17, 15) is 9.90 Å². The maximum Gasteiger partial charge on any atom is 0.257 e. The molecule has 0 bridgehead atoms. The third-order valence-electron chi connectivity index (χ3n) is 4.76. The van der Waals surface area contributed by atoms with Crippen molar-refractivity contribution in [1.29, 1.82) is 0 Å². The molecule has 1 aromatic rings. The lowest BCUT2D eigenvalue weighted by Crippen LogP contribution is -2.53. The Morgan fingerprint density at radius 1 is 1.36 bits per heavy atom. The molecule has 2 heterocycles. The van der Waals surface area contributed by atoms with Crippen molar-refractivity contribution in [1.82, 2.24) is 9.80 Å². The normalized spacial score (nSPS) is 25.0. The summed E-state index contributed by atoms with van der Waals surface area (Å²) in [7, 11) is 1.52. The van der Waals surface area contributed by atoms with Crippen molar-refractivity contribution in [3.63, 3.8) is 0 Å². The Balaban J connectivity index is 1.78. The molecule has 1 unspecified atom stereocenters. The number of benzene rings is 1. The van der Waals surface area contributed by atoms with E-state index in [0.29, 0.717) is 36.0 Å². The van der Waals surface area contributed by atoms with Crippen molar-refractivity contribution in [2.75, 3.05) is 53.0 Å². The molecule has 3 rings (SSSR count). The summed E-state index contributed by atoms with van der Waals surface area (Å²) in [5.74, 6) is 0.271. The molecular formula is C18H25ClN2O4. The van der Waals surface area contributed by atoms with Gasteiger partial charge in [0.1, 0.15) is 11.4 Å². The Bertz CT molecular complexity index is 621. The van der Waals surface area contributed by atoms with Crippen LogP contribution in [0.2, 0.25) is 5.02 Å². The van der Waals surface area contributed by atoms with Crippen molar-refractivity contribution >= 4 is 17.5 Å². The lowest BCUT2D eigenvalue weighted by atomic mass is 10.0. The smallest absolute Gasteiger partial charge is 0.257 e. The lowest BCUT2D eigenvalue weighted by Gasteiger charge is -2.34. The van der Waals surface area contributed by atoms with E-state index in [1.165, 1.54) is 7.11 Å². The summed E-state index contributed by atoms with van der Waals surface area (Å²) >= 11 is 6.05. The lowest BCUT2D eigenvalue weighted by molar-refractivity contribution is -0.0524. The number of amides is 1. The molecule has 25 heavy (non-hydrogen) atoms. The zero-order valence-electron chi connectivity index (χ0n) is 14.5. The molecule has 0 spiro atoms. The van der Waals surface area contributed by atoms with Crippen LogP contribution < -0.4 is 4.74 Å². The van der Waals surface area contributed by atoms with Gasteiger partial charge in [-0.1, -0.05) is 11.6 Å². The maximum absolute atomic E-state index is 13.0. The van der Waals surface area contributed by atoms with Crippen LogP contribution in [0.3, 0.4) is 0 Å². The summed E-state index contributed by atoms with van der Waals surface area (Å²) in [5.41, 5.74) is -0.664. The van der Waals surface area contributed by atoms with Crippen molar-refractivity contribution in [3.05, 3.63) is 28.8 Å². The van der Waals surface area contributed by atoms with E-state index in [2.05, 4.69) is 4.90 Å². The molecule has 7 heteroatoms. The number of aliphatic hydroxyl groups is 1. The predicted molar refractivity (Wildman–Crippen MR) is 95.4 cm³/mol. The summed E-state index contributed by atoms with van der Waals surface area (Å²) in [6.45, 7) is 3.78. The van der Waals surface area contributed by atoms with E-state index in [1.807, 2.05) is 0 Å². The van der Waals surface area contributed by atoms with Crippen LogP contribution in [0.1, 0.15) is 23.2 Å². The molecule has 1 aromatic carbocycles. The minimum atomic E-state index is -1.07. The maximum atomic E-state index is 13.0. The average Bonchev–Trinajstić information content (AvgIpc) is 3.01. The number of carbonyl (C=O) groups is 1. The minimum absolute atomic E-state index is 0.204. The van der Waals surface area contributed by atoms with Crippen LogP contribution in [0.15, 0.2) is 18.2 Å². The molecule has 1 atom stereocenters. The molecule has 1 amide bonds. The number of carbonyl (C=O) groups excluding carboxylic acids is 1. The number of methoxy groups -OCH3 is 1. The largest absolute Gasteiger partial charge is 0.496 e. The first-order valence-electron chi connectivity index (χ1n) is 8.66. The molecule has 2 aliphatic rings. The Hall–Kier alpha value is -1.34. The highest BCUT2D eigenvalue weighted by molar-refractivity contribution is 6.31. The molecule has 0 aromatic heterocycles. The number of likely N-dealkylation sites (tertiary alicyclic amines) is 1. The number of halogens is 1. The number of rotatable bonds is 4. The molecular weight excluding hydrogens is 344 g/mol. The second kappa shape index (κ2) is 7.91. The Morgan fingerprint density at radius 3 is 2.84 bits per heavy atom. The van der Waals surface area contributed by atoms with Gasteiger partial charge in [-0.05, 0) is 44.1 Å². The van der Waals surface area contributed by atoms with Gasteiger partial charge in [0.05, 0.1) is 32.4 Å². The van der Waals surface area contributed by atoms with Crippen LogP contribution in [0, 0.1) is 0 Å². The quantitative estimate of drug-likeness (QED) is 0.875. The zero-order valence-corrected chi connectivity index (χ0v) is 15.3. The van der Waals surface area contributed by atoms with E-state index < -0.39 is 5.60 Å². The van der Waals surface area contributed by atoms with Crippen molar-refractivity contribution in [2.24, 2.45) is 0 Å².